The number of ether oxygens (including phenoxy) is 2. The second-order valence-corrected chi connectivity index (χ2v) is 9.34. The monoisotopic (exact) mass is 447 g/mol. The molecule has 2 amide bonds. The fourth-order valence-corrected chi connectivity index (χ4v) is 2.44. The number of aliphatic hydroxyl groups excluding tert-OH is 1. The van der Waals surface area contributed by atoms with Gasteiger partial charge in [0, 0.05) is 32.7 Å². The molecule has 0 radical (unpaired) electrons. The summed E-state index contributed by atoms with van der Waals surface area (Å²) < 4.78 is 11.5. The summed E-state index contributed by atoms with van der Waals surface area (Å²) in [6.07, 6.45) is 2.47. The lowest BCUT2D eigenvalue weighted by molar-refractivity contribution is -0.129. The number of carbonyl (C=O) groups excluding carboxylic acids is 2. The topological polar surface area (TPSA) is 109 Å². The molecule has 0 unspecified atom stereocenters. The fraction of sp³-hybridized carbons (Fsp3) is 0.913. The molecule has 0 aliphatic carbocycles. The number of aliphatic hydroxyl groups is 1. The molecule has 186 valence electrons. The van der Waals surface area contributed by atoms with E-state index < -0.39 is 5.41 Å². The van der Waals surface area contributed by atoms with E-state index in [-0.39, 0.29) is 24.0 Å². The molecular weight excluding hydrogens is 398 g/mol. The van der Waals surface area contributed by atoms with Crippen molar-refractivity contribution in [2.75, 3.05) is 53.1 Å². The van der Waals surface area contributed by atoms with Gasteiger partial charge >= 0.3 is 0 Å². The van der Waals surface area contributed by atoms with E-state index >= 15 is 0 Å². The Balaban J connectivity index is 0. The molecule has 31 heavy (non-hydrogen) atoms. The van der Waals surface area contributed by atoms with Crippen LogP contribution in [0.25, 0.3) is 0 Å². The SMILES string of the molecule is CCCC(=O)NCCO.CNCC(C)(C)C(=O)NCCOCC(C)(C)OCCC(C)C. The number of hydrogen-bond acceptors (Lipinski definition) is 6. The molecule has 0 rings (SSSR count). The van der Waals surface area contributed by atoms with E-state index in [1.165, 1.54) is 0 Å². The molecule has 0 heterocycles. The molecule has 0 bridgehead atoms. The van der Waals surface area contributed by atoms with Crippen LogP contribution in [-0.4, -0.2) is 75.6 Å². The van der Waals surface area contributed by atoms with Crippen LogP contribution in [0.5, 0.6) is 0 Å². The zero-order valence-corrected chi connectivity index (χ0v) is 21.2. The maximum absolute atomic E-state index is 12.0. The van der Waals surface area contributed by atoms with Crippen LogP contribution >= 0.6 is 0 Å². The van der Waals surface area contributed by atoms with Gasteiger partial charge in [-0.1, -0.05) is 20.8 Å². The van der Waals surface area contributed by atoms with Gasteiger partial charge in [0.05, 0.1) is 30.8 Å². The molecule has 8 nitrogen and oxygen atoms in total. The Morgan fingerprint density at radius 1 is 1.03 bits per heavy atom. The minimum Gasteiger partial charge on any atom is -0.395 e. The largest absolute Gasteiger partial charge is 0.395 e. The quantitative estimate of drug-likeness (QED) is 0.270. The highest BCUT2D eigenvalue weighted by molar-refractivity contribution is 5.82. The summed E-state index contributed by atoms with van der Waals surface area (Å²) in [5.74, 6) is 0.706. The summed E-state index contributed by atoms with van der Waals surface area (Å²) in [4.78, 5) is 22.6. The molecule has 0 fully saturated rings. The van der Waals surface area contributed by atoms with E-state index in [0.717, 1.165) is 19.4 Å². The Labute approximate surface area is 190 Å². The summed E-state index contributed by atoms with van der Waals surface area (Å²) in [6, 6.07) is 0. The standard InChI is InChI=1S/C17H36N2O3.C6H13NO2/c1-14(2)8-10-22-17(5,6)13-21-11-9-19-15(20)16(3,4)12-18-7;1-2-3-6(9)7-4-5-8/h14,18H,8-13H2,1-7H3,(H,19,20);8H,2-5H2,1H3,(H,7,9). The van der Waals surface area contributed by atoms with E-state index in [0.29, 0.717) is 45.2 Å². The van der Waals surface area contributed by atoms with Crippen molar-refractivity contribution in [2.24, 2.45) is 11.3 Å². The Hall–Kier alpha value is -1.22. The third-order valence-electron chi connectivity index (χ3n) is 4.31. The lowest BCUT2D eigenvalue weighted by Crippen LogP contribution is -2.44. The molecule has 0 aromatic carbocycles. The zero-order valence-electron chi connectivity index (χ0n) is 21.2. The average molecular weight is 448 g/mol. The zero-order chi connectivity index (χ0) is 24.3. The average Bonchev–Trinajstić information content (AvgIpc) is 2.66. The number of rotatable bonds is 16. The van der Waals surface area contributed by atoms with Gasteiger partial charge in [-0.25, -0.2) is 0 Å². The molecule has 0 aliphatic heterocycles. The molecule has 0 aromatic heterocycles. The highest BCUT2D eigenvalue weighted by Crippen LogP contribution is 2.13. The van der Waals surface area contributed by atoms with E-state index in [2.05, 4.69) is 29.8 Å². The molecular formula is C23H49N3O5. The first-order valence-corrected chi connectivity index (χ1v) is 11.4. The first kappa shape index (κ1) is 32.0. The van der Waals surface area contributed by atoms with Crippen molar-refractivity contribution in [3.8, 4) is 0 Å². The summed E-state index contributed by atoms with van der Waals surface area (Å²) in [6.45, 7) is 17.6. The van der Waals surface area contributed by atoms with Gasteiger partial charge in [-0.2, -0.15) is 0 Å². The van der Waals surface area contributed by atoms with Crippen LogP contribution in [0.1, 0.15) is 67.7 Å². The summed E-state index contributed by atoms with van der Waals surface area (Å²) in [5, 5.41) is 16.7. The van der Waals surface area contributed by atoms with Crippen LogP contribution in [0, 0.1) is 11.3 Å². The van der Waals surface area contributed by atoms with Crippen LogP contribution < -0.4 is 16.0 Å². The van der Waals surface area contributed by atoms with E-state index in [1.54, 1.807) is 0 Å². The number of nitrogens with one attached hydrogen (secondary N) is 3. The molecule has 8 heteroatoms. The highest BCUT2D eigenvalue weighted by atomic mass is 16.5. The minimum absolute atomic E-state index is 0.0200. The number of hydrogen-bond donors (Lipinski definition) is 4. The summed E-state index contributed by atoms with van der Waals surface area (Å²) >= 11 is 0. The van der Waals surface area contributed by atoms with Gasteiger partial charge in [0.2, 0.25) is 11.8 Å². The molecule has 0 aliphatic rings. The van der Waals surface area contributed by atoms with Crippen molar-refractivity contribution in [3.63, 3.8) is 0 Å². The predicted octanol–water partition coefficient (Wildman–Crippen LogP) is 2.10. The second kappa shape index (κ2) is 18.4. The lowest BCUT2D eigenvalue weighted by Gasteiger charge is -2.26. The van der Waals surface area contributed by atoms with Gasteiger partial charge in [0.25, 0.3) is 0 Å². The van der Waals surface area contributed by atoms with Crippen molar-refractivity contribution >= 4 is 11.8 Å². The number of carbonyl (C=O) groups is 2. The van der Waals surface area contributed by atoms with Crippen molar-refractivity contribution in [1.29, 1.82) is 0 Å². The Morgan fingerprint density at radius 2 is 1.68 bits per heavy atom. The van der Waals surface area contributed by atoms with E-state index in [9.17, 15) is 9.59 Å². The van der Waals surface area contributed by atoms with Crippen molar-refractivity contribution in [3.05, 3.63) is 0 Å². The van der Waals surface area contributed by atoms with Crippen LogP contribution in [0.15, 0.2) is 0 Å². The fourth-order valence-electron chi connectivity index (χ4n) is 2.44. The summed E-state index contributed by atoms with van der Waals surface area (Å²) in [5.41, 5.74) is -0.696. The third kappa shape index (κ3) is 20.4. The third-order valence-corrected chi connectivity index (χ3v) is 4.31. The maximum Gasteiger partial charge on any atom is 0.227 e. The van der Waals surface area contributed by atoms with Crippen molar-refractivity contribution in [1.82, 2.24) is 16.0 Å². The molecule has 0 atom stereocenters. The predicted molar refractivity (Wildman–Crippen MR) is 126 cm³/mol. The van der Waals surface area contributed by atoms with Crippen molar-refractivity contribution in [2.45, 2.75) is 73.3 Å². The lowest BCUT2D eigenvalue weighted by atomic mass is 9.92. The smallest absolute Gasteiger partial charge is 0.227 e. The Kier molecular flexibility index (Phi) is 18.9. The van der Waals surface area contributed by atoms with Gasteiger partial charge in [-0.05, 0) is 53.5 Å². The van der Waals surface area contributed by atoms with Gasteiger partial charge in [-0.3, -0.25) is 9.59 Å². The molecule has 0 saturated carbocycles. The van der Waals surface area contributed by atoms with Gasteiger partial charge < -0.3 is 30.5 Å². The number of amides is 2. The van der Waals surface area contributed by atoms with Crippen molar-refractivity contribution < 1.29 is 24.2 Å². The van der Waals surface area contributed by atoms with E-state index in [1.807, 2.05) is 41.7 Å². The van der Waals surface area contributed by atoms with Gasteiger partial charge in [0.1, 0.15) is 0 Å². The highest BCUT2D eigenvalue weighted by Gasteiger charge is 2.26. The van der Waals surface area contributed by atoms with Gasteiger partial charge in [-0.15, -0.1) is 0 Å². The Bertz CT molecular complexity index is 468. The summed E-state index contributed by atoms with van der Waals surface area (Å²) in [7, 11) is 1.85. The maximum atomic E-state index is 12.0. The second-order valence-electron chi connectivity index (χ2n) is 9.34. The van der Waals surface area contributed by atoms with Gasteiger partial charge in [0.15, 0.2) is 0 Å². The molecule has 0 aromatic rings. The first-order chi connectivity index (χ1) is 14.4. The first-order valence-electron chi connectivity index (χ1n) is 11.4. The van der Waals surface area contributed by atoms with Crippen LogP contribution in [0.3, 0.4) is 0 Å². The molecule has 0 saturated heterocycles. The molecule has 4 N–H and O–H groups in total. The van der Waals surface area contributed by atoms with Crippen LogP contribution in [0.4, 0.5) is 0 Å². The minimum atomic E-state index is -0.409. The molecule has 0 spiro atoms. The van der Waals surface area contributed by atoms with Crippen LogP contribution in [0.2, 0.25) is 0 Å². The Morgan fingerprint density at radius 3 is 2.19 bits per heavy atom. The normalized spacial score (nSPS) is 11.7. The van der Waals surface area contributed by atoms with Crippen LogP contribution in [-0.2, 0) is 19.1 Å². The van der Waals surface area contributed by atoms with E-state index in [4.69, 9.17) is 14.6 Å².